The zero-order chi connectivity index (χ0) is 29.8. The molecule has 0 unspecified atom stereocenters. The smallest absolute Gasteiger partial charge is 0.305 e. The first kappa shape index (κ1) is 26.5. The molecular formula is C33H24F2N4O4. The molecule has 1 aliphatic carbocycles. The second-order valence-corrected chi connectivity index (χ2v) is 10.5. The number of amides is 2. The largest absolute Gasteiger partial charge is 0.455 e. The van der Waals surface area contributed by atoms with Gasteiger partial charge in [-0.2, -0.15) is 4.98 Å². The van der Waals surface area contributed by atoms with Crippen LogP contribution in [0, 0.1) is 18.6 Å². The molecule has 3 aromatic heterocycles. The topological polar surface area (TPSA) is 101 Å². The summed E-state index contributed by atoms with van der Waals surface area (Å²) < 4.78 is 41.9. The molecule has 3 aromatic carbocycles. The first-order valence-corrected chi connectivity index (χ1v) is 13.7. The summed E-state index contributed by atoms with van der Waals surface area (Å²) in [7, 11) is 1.44. The summed E-state index contributed by atoms with van der Waals surface area (Å²) in [6, 6.07) is 15.5. The summed E-state index contributed by atoms with van der Waals surface area (Å²) >= 11 is 0. The van der Waals surface area contributed by atoms with Gasteiger partial charge in [-0.15, -0.1) is 0 Å². The molecule has 0 spiro atoms. The van der Waals surface area contributed by atoms with Crippen LogP contribution < -0.4 is 10.2 Å². The standard InChI is InChI=1S/C33H24F2N4O4/c1-17-3-4-19(32(41)39(21-9-10-21)33-38-24-16-37-14-13-25(24)43-33)15-23(17)22-11-12-26-27(29(22)35)28(31(40)36-2)30(42-26)18-5-7-20(34)8-6-18/h3-8,11-16,21H,9-10H2,1-2H3,(H,36,40). The van der Waals surface area contributed by atoms with E-state index in [2.05, 4.69) is 15.3 Å². The third-order valence-electron chi connectivity index (χ3n) is 7.64. The number of hydrogen-bond acceptors (Lipinski definition) is 6. The molecule has 0 atom stereocenters. The van der Waals surface area contributed by atoms with Crippen molar-refractivity contribution in [3.8, 4) is 22.5 Å². The highest BCUT2D eigenvalue weighted by Gasteiger charge is 2.37. The second-order valence-electron chi connectivity index (χ2n) is 10.5. The first-order valence-electron chi connectivity index (χ1n) is 13.7. The Balaban J connectivity index is 1.34. The maximum absolute atomic E-state index is 16.5. The lowest BCUT2D eigenvalue weighted by Crippen LogP contribution is -2.33. The van der Waals surface area contributed by atoms with Crippen LogP contribution in [0.2, 0.25) is 0 Å². The Bertz CT molecular complexity index is 2030. The van der Waals surface area contributed by atoms with Crippen LogP contribution in [-0.4, -0.2) is 34.9 Å². The minimum absolute atomic E-state index is 0.00120. The monoisotopic (exact) mass is 578 g/mol. The van der Waals surface area contributed by atoms with Gasteiger partial charge in [0.15, 0.2) is 5.58 Å². The van der Waals surface area contributed by atoms with Crippen molar-refractivity contribution in [3.05, 3.63) is 101 Å². The molecule has 43 heavy (non-hydrogen) atoms. The van der Waals surface area contributed by atoms with Crippen LogP contribution in [-0.2, 0) is 0 Å². The first-order chi connectivity index (χ1) is 20.8. The number of aryl methyl sites for hydroxylation is 1. The Labute approximate surface area is 244 Å². The van der Waals surface area contributed by atoms with Crippen molar-refractivity contribution in [1.82, 2.24) is 15.3 Å². The average Bonchev–Trinajstić information content (AvgIpc) is 3.62. The third-order valence-corrected chi connectivity index (χ3v) is 7.64. The fourth-order valence-corrected chi connectivity index (χ4v) is 5.30. The highest BCUT2D eigenvalue weighted by atomic mass is 19.1. The molecule has 6 aromatic rings. The number of nitrogens with zero attached hydrogens (tertiary/aromatic N) is 3. The fourth-order valence-electron chi connectivity index (χ4n) is 5.30. The lowest BCUT2D eigenvalue weighted by atomic mass is 9.94. The number of pyridine rings is 1. The van der Waals surface area contributed by atoms with Crippen LogP contribution in [0.25, 0.3) is 44.5 Å². The summed E-state index contributed by atoms with van der Waals surface area (Å²) in [6.07, 6.45) is 4.79. The molecule has 0 saturated heterocycles. The Morgan fingerprint density at radius 2 is 1.74 bits per heavy atom. The van der Waals surface area contributed by atoms with Gasteiger partial charge in [-0.3, -0.25) is 19.5 Å². The molecule has 1 fully saturated rings. The zero-order valence-corrected chi connectivity index (χ0v) is 23.2. The summed E-state index contributed by atoms with van der Waals surface area (Å²) in [5, 5.41) is 2.54. The molecule has 7 rings (SSSR count). The van der Waals surface area contributed by atoms with Gasteiger partial charge in [0.25, 0.3) is 11.8 Å². The van der Waals surface area contributed by atoms with Gasteiger partial charge in [0.2, 0.25) is 0 Å². The molecule has 8 nitrogen and oxygen atoms in total. The Kier molecular flexibility index (Phi) is 6.27. The molecular weight excluding hydrogens is 554 g/mol. The van der Waals surface area contributed by atoms with E-state index in [-0.39, 0.29) is 45.8 Å². The molecule has 3 heterocycles. The van der Waals surface area contributed by atoms with E-state index in [1.165, 1.54) is 31.3 Å². The summed E-state index contributed by atoms with van der Waals surface area (Å²) in [5.74, 6) is -1.87. The second kappa shape index (κ2) is 10.2. The van der Waals surface area contributed by atoms with Gasteiger partial charge in [0.1, 0.15) is 28.5 Å². The zero-order valence-electron chi connectivity index (χ0n) is 23.2. The Morgan fingerprint density at radius 3 is 2.47 bits per heavy atom. The number of anilines is 1. The molecule has 0 bridgehead atoms. The van der Waals surface area contributed by atoms with E-state index in [9.17, 15) is 14.0 Å². The van der Waals surface area contributed by atoms with E-state index in [4.69, 9.17) is 8.83 Å². The maximum Gasteiger partial charge on any atom is 0.305 e. The number of furan rings is 1. The van der Waals surface area contributed by atoms with Crippen molar-refractivity contribution in [2.24, 2.45) is 0 Å². The number of halogens is 2. The van der Waals surface area contributed by atoms with Crippen molar-refractivity contribution in [2.75, 3.05) is 11.9 Å². The van der Waals surface area contributed by atoms with Crippen LogP contribution in [0.5, 0.6) is 0 Å². The number of carbonyl (C=O) groups excluding carboxylic acids is 2. The van der Waals surface area contributed by atoms with Crippen molar-refractivity contribution in [1.29, 1.82) is 0 Å². The van der Waals surface area contributed by atoms with E-state index in [0.717, 1.165) is 18.4 Å². The van der Waals surface area contributed by atoms with Gasteiger partial charge in [-0.25, -0.2) is 8.78 Å². The number of rotatable bonds is 6. The quantitative estimate of drug-likeness (QED) is 0.227. The molecule has 10 heteroatoms. The van der Waals surface area contributed by atoms with Crippen molar-refractivity contribution < 1.29 is 27.2 Å². The minimum Gasteiger partial charge on any atom is -0.455 e. The predicted molar refractivity (Wildman–Crippen MR) is 157 cm³/mol. The van der Waals surface area contributed by atoms with Crippen LogP contribution in [0.3, 0.4) is 0 Å². The van der Waals surface area contributed by atoms with Gasteiger partial charge in [-0.1, -0.05) is 6.07 Å². The van der Waals surface area contributed by atoms with Gasteiger partial charge in [-0.05, 0) is 79.4 Å². The van der Waals surface area contributed by atoms with E-state index >= 15 is 4.39 Å². The van der Waals surface area contributed by atoms with Crippen LogP contribution in [0.1, 0.15) is 39.1 Å². The number of carbonyl (C=O) groups is 2. The molecule has 1 saturated carbocycles. The molecule has 1 aliphatic rings. The lowest BCUT2D eigenvalue weighted by Gasteiger charge is -2.19. The predicted octanol–water partition coefficient (Wildman–Crippen LogP) is 7.06. The van der Waals surface area contributed by atoms with Gasteiger partial charge < -0.3 is 14.2 Å². The highest BCUT2D eigenvalue weighted by molar-refractivity contribution is 6.12. The lowest BCUT2D eigenvalue weighted by molar-refractivity contribution is 0.0961. The molecule has 0 aliphatic heterocycles. The maximum atomic E-state index is 16.5. The Hall–Kier alpha value is -5.38. The van der Waals surface area contributed by atoms with Crippen molar-refractivity contribution in [3.63, 3.8) is 0 Å². The summed E-state index contributed by atoms with van der Waals surface area (Å²) in [4.78, 5) is 37.0. The van der Waals surface area contributed by atoms with Crippen LogP contribution in [0.15, 0.2) is 81.9 Å². The normalized spacial score (nSPS) is 13.0. The fraction of sp³-hybridized carbons (Fsp3) is 0.152. The SMILES string of the molecule is CNC(=O)c1c(-c2ccc(F)cc2)oc2ccc(-c3cc(C(=O)N(c4nc5cnccc5o4)C4CC4)ccc3C)c(F)c12. The molecule has 214 valence electrons. The van der Waals surface area contributed by atoms with Crippen LogP contribution >= 0.6 is 0 Å². The molecule has 0 radical (unpaired) electrons. The van der Waals surface area contributed by atoms with Crippen LogP contribution in [0.4, 0.5) is 14.8 Å². The molecule has 2 amide bonds. The van der Waals surface area contributed by atoms with E-state index in [1.54, 1.807) is 53.7 Å². The number of aromatic nitrogens is 2. The van der Waals surface area contributed by atoms with E-state index in [1.807, 2.05) is 6.92 Å². The summed E-state index contributed by atoms with van der Waals surface area (Å²) in [6.45, 7) is 1.82. The third kappa shape index (κ3) is 4.51. The van der Waals surface area contributed by atoms with Crippen molar-refractivity contribution >= 4 is 39.9 Å². The number of benzene rings is 3. The van der Waals surface area contributed by atoms with Gasteiger partial charge in [0.05, 0.1) is 17.1 Å². The number of hydrogen-bond donors (Lipinski definition) is 1. The number of oxazole rings is 1. The minimum atomic E-state index is -0.675. The number of fused-ring (bicyclic) bond motifs is 2. The average molecular weight is 579 g/mol. The van der Waals surface area contributed by atoms with Crippen molar-refractivity contribution in [2.45, 2.75) is 25.8 Å². The Morgan fingerprint density at radius 1 is 0.953 bits per heavy atom. The van der Waals surface area contributed by atoms with E-state index in [0.29, 0.717) is 27.8 Å². The van der Waals surface area contributed by atoms with Gasteiger partial charge in [0, 0.05) is 42.0 Å². The highest BCUT2D eigenvalue weighted by Crippen LogP contribution is 2.40. The summed E-state index contributed by atoms with van der Waals surface area (Å²) in [5.41, 5.74) is 3.39. The molecule has 1 N–H and O–H groups in total. The van der Waals surface area contributed by atoms with Gasteiger partial charge >= 0.3 is 6.01 Å². The number of nitrogens with one attached hydrogen (secondary N) is 1. The van der Waals surface area contributed by atoms with E-state index < -0.39 is 17.5 Å².